The second kappa shape index (κ2) is 6.50. The number of unbranched alkanes of at least 4 members (excludes halogenated alkanes) is 1. The largest absolute Gasteiger partial charge is 0.386 e. The van der Waals surface area contributed by atoms with Crippen LogP contribution in [0.2, 0.25) is 0 Å². The normalized spacial score (nSPS) is 16.8. The highest BCUT2D eigenvalue weighted by Gasteiger charge is 2.41. The van der Waals surface area contributed by atoms with Crippen molar-refractivity contribution in [3.8, 4) is 0 Å². The molecule has 0 heterocycles. The van der Waals surface area contributed by atoms with Crippen molar-refractivity contribution in [1.82, 2.24) is 0 Å². The van der Waals surface area contributed by atoms with E-state index >= 15 is 0 Å². The van der Waals surface area contributed by atoms with Crippen LogP contribution in [0.4, 0.5) is 0 Å². The monoisotopic (exact) mass is 286 g/mol. The van der Waals surface area contributed by atoms with E-state index in [-0.39, 0.29) is 12.8 Å². The minimum Gasteiger partial charge on any atom is -0.386 e. The molecular weight excluding hydrogens is 264 g/mol. The van der Waals surface area contributed by atoms with E-state index in [1.54, 1.807) is 0 Å². The smallest absolute Gasteiger partial charge is 0.184 e. The van der Waals surface area contributed by atoms with Crippen molar-refractivity contribution < 1.29 is 18.6 Å². The van der Waals surface area contributed by atoms with Gasteiger partial charge in [0.25, 0.3) is 0 Å². The summed E-state index contributed by atoms with van der Waals surface area (Å²) in [6.45, 7) is 1.95. The lowest BCUT2D eigenvalue weighted by molar-refractivity contribution is -0.0435. The summed E-state index contributed by atoms with van der Waals surface area (Å²) in [5, 5.41) is 20.5. The zero-order valence-electron chi connectivity index (χ0n) is 11.4. The van der Waals surface area contributed by atoms with Gasteiger partial charge in [-0.15, -0.1) is 0 Å². The first-order valence-corrected chi connectivity index (χ1v) is 8.38. The molecule has 1 rings (SSSR count). The first-order chi connectivity index (χ1) is 8.79. The lowest BCUT2D eigenvalue weighted by Gasteiger charge is -2.32. The average Bonchev–Trinajstić information content (AvgIpc) is 2.35. The fourth-order valence-corrected chi connectivity index (χ4v) is 3.13. The van der Waals surface area contributed by atoms with Gasteiger partial charge in [0, 0.05) is 12.7 Å². The van der Waals surface area contributed by atoms with Gasteiger partial charge in [0.1, 0.15) is 5.60 Å². The van der Waals surface area contributed by atoms with Crippen LogP contribution in [0.25, 0.3) is 0 Å². The Labute approximate surface area is 115 Å². The minimum absolute atomic E-state index is 0.127. The molecule has 2 atom stereocenters. The van der Waals surface area contributed by atoms with Crippen molar-refractivity contribution in [2.45, 2.75) is 43.6 Å². The number of aliphatic hydroxyl groups excluding tert-OH is 1. The Morgan fingerprint density at radius 3 is 2.32 bits per heavy atom. The standard InChI is InChI=1S/C14H22O4S/c1-3-4-10-14(16,13(15)19(2,17)18)11-12-8-6-5-7-9-12/h5-9,13,15-16H,3-4,10-11H2,1-2H3/t13-,14+/m1/s1. The maximum atomic E-state index is 11.5. The van der Waals surface area contributed by atoms with Gasteiger partial charge in [-0.1, -0.05) is 50.1 Å². The zero-order chi connectivity index (χ0) is 14.5. The molecule has 0 aliphatic rings. The lowest BCUT2D eigenvalue weighted by Crippen LogP contribution is -2.48. The summed E-state index contributed by atoms with van der Waals surface area (Å²) in [4.78, 5) is 0. The van der Waals surface area contributed by atoms with Crippen molar-refractivity contribution in [3.05, 3.63) is 35.9 Å². The molecule has 2 N–H and O–H groups in total. The molecule has 0 radical (unpaired) electrons. The van der Waals surface area contributed by atoms with Crippen molar-refractivity contribution in [2.24, 2.45) is 0 Å². The van der Waals surface area contributed by atoms with E-state index in [2.05, 4.69) is 0 Å². The van der Waals surface area contributed by atoms with E-state index < -0.39 is 20.9 Å². The SMILES string of the molecule is CCCC[C@](O)(Cc1ccccc1)[C@H](O)S(C)(=O)=O. The molecule has 108 valence electrons. The molecule has 1 aromatic rings. The van der Waals surface area contributed by atoms with Crippen LogP contribution in [0.15, 0.2) is 30.3 Å². The van der Waals surface area contributed by atoms with E-state index in [0.717, 1.165) is 18.2 Å². The number of hydrogen-bond donors (Lipinski definition) is 2. The van der Waals surface area contributed by atoms with Crippen LogP contribution in [0.5, 0.6) is 0 Å². The summed E-state index contributed by atoms with van der Waals surface area (Å²) in [7, 11) is -3.71. The predicted molar refractivity (Wildman–Crippen MR) is 75.5 cm³/mol. The van der Waals surface area contributed by atoms with Crippen LogP contribution in [-0.4, -0.2) is 35.9 Å². The Morgan fingerprint density at radius 2 is 1.84 bits per heavy atom. The van der Waals surface area contributed by atoms with E-state index in [9.17, 15) is 18.6 Å². The molecule has 0 aliphatic heterocycles. The van der Waals surface area contributed by atoms with E-state index in [4.69, 9.17) is 0 Å². The van der Waals surface area contributed by atoms with Crippen LogP contribution in [0, 0.1) is 0 Å². The summed E-state index contributed by atoms with van der Waals surface area (Å²) in [6.07, 6.45) is 2.82. The molecule has 0 saturated heterocycles. The first-order valence-electron chi connectivity index (χ1n) is 6.43. The summed E-state index contributed by atoms with van der Waals surface area (Å²) in [6, 6.07) is 9.12. The third-order valence-electron chi connectivity index (χ3n) is 3.18. The summed E-state index contributed by atoms with van der Waals surface area (Å²) in [5.74, 6) is 0. The average molecular weight is 286 g/mol. The Hall–Kier alpha value is -0.910. The van der Waals surface area contributed by atoms with Gasteiger partial charge in [-0.3, -0.25) is 0 Å². The van der Waals surface area contributed by atoms with Gasteiger partial charge in [-0.25, -0.2) is 8.42 Å². The summed E-state index contributed by atoms with van der Waals surface area (Å²) < 4.78 is 23.0. The Bertz CT molecular complexity index is 483. The molecule has 4 nitrogen and oxygen atoms in total. The third-order valence-corrected chi connectivity index (χ3v) is 4.43. The molecule has 0 aliphatic carbocycles. The molecule has 0 unspecified atom stereocenters. The highest BCUT2D eigenvalue weighted by molar-refractivity contribution is 7.91. The molecular formula is C14H22O4S. The highest BCUT2D eigenvalue weighted by atomic mass is 32.2. The topological polar surface area (TPSA) is 74.6 Å². The third kappa shape index (κ3) is 4.60. The van der Waals surface area contributed by atoms with Gasteiger partial charge < -0.3 is 10.2 Å². The maximum absolute atomic E-state index is 11.5. The summed E-state index contributed by atoms with van der Waals surface area (Å²) in [5.41, 5.74) is -2.58. The molecule has 0 amide bonds. The van der Waals surface area contributed by atoms with Crippen molar-refractivity contribution >= 4 is 9.84 Å². The molecule has 0 bridgehead atoms. The zero-order valence-corrected chi connectivity index (χ0v) is 12.2. The molecule has 1 aromatic carbocycles. The van der Waals surface area contributed by atoms with Crippen LogP contribution in [0.1, 0.15) is 31.7 Å². The van der Waals surface area contributed by atoms with E-state index in [1.807, 2.05) is 37.3 Å². The van der Waals surface area contributed by atoms with E-state index in [0.29, 0.717) is 6.42 Å². The number of rotatable bonds is 7. The number of benzene rings is 1. The number of hydrogen-bond acceptors (Lipinski definition) is 4. The van der Waals surface area contributed by atoms with Gasteiger partial charge >= 0.3 is 0 Å². The van der Waals surface area contributed by atoms with Crippen LogP contribution in [0.3, 0.4) is 0 Å². The van der Waals surface area contributed by atoms with E-state index in [1.165, 1.54) is 0 Å². The fourth-order valence-electron chi connectivity index (χ4n) is 2.13. The molecule has 0 saturated carbocycles. The lowest BCUT2D eigenvalue weighted by atomic mass is 9.90. The molecule has 0 spiro atoms. The second-order valence-electron chi connectivity index (χ2n) is 5.05. The Balaban J connectivity index is 2.99. The molecule has 0 fully saturated rings. The molecule has 5 heteroatoms. The first kappa shape index (κ1) is 16.1. The minimum atomic E-state index is -3.71. The highest BCUT2D eigenvalue weighted by Crippen LogP contribution is 2.26. The van der Waals surface area contributed by atoms with Gasteiger partial charge in [0.05, 0.1) is 0 Å². The predicted octanol–water partition coefficient (Wildman–Crippen LogP) is 1.51. The number of sulfone groups is 1. The van der Waals surface area contributed by atoms with Gasteiger partial charge in [0.2, 0.25) is 0 Å². The fraction of sp³-hybridized carbons (Fsp3) is 0.571. The van der Waals surface area contributed by atoms with Crippen molar-refractivity contribution in [3.63, 3.8) is 0 Å². The van der Waals surface area contributed by atoms with Crippen molar-refractivity contribution in [1.29, 1.82) is 0 Å². The Morgan fingerprint density at radius 1 is 1.26 bits per heavy atom. The van der Waals surface area contributed by atoms with Crippen LogP contribution in [-0.2, 0) is 16.3 Å². The van der Waals surface area contributed by atoms with Gasteiger partial charge in [-0.05, 0) is 12.0 Å². The van der Waals surface area contributed by atoms with Crippen LogP contribution >= 0.6 is 0 Å². The van der Waals surface area contributed by atoms with Crippen LogP contribution < -0.4 is 0 Å². The summed E-state index contributed by atoms with van der Waals surface area (Å²) >= 11 is 0. The Kier molecular flexibility index (Phi) is 5.52. The van der Waals surface area contributed by atoms with Crippen molar-refractivity contribution in [2.75, 3.05) is 6.26 Å². The molecule has 0 aromatic heterocycles. The quantitative estimate of drug-likeness (QED) is 0.797. The number of aliphatic hydroxyl groups is 2. The second-order valence-corrected chi connectivity index (χ2v) is 7.16. The van der Waals surface area contributed by atoms with Gasteiger partial charge in [0.15, 0.2) is 15.3 Å². The molecule has 19 heavy (non-hydrogen) atoms. The maximum Gasteiger partial charge on any atom is 0.184 e. The van der Waals surface area contributed by atoms with Gasteiger partial charge in [-0.2, -0.15) is 0 Å².